The minimum absolute atomic E-state index is 0.737. The number of imidazole rings is 1. The Morgan fingerprint density at radius 2 is 1.00 bits per heavy atom. The SMILES string of the molecule is CCc1nc2cccc3c2n1-c1c(-c2ccc4c(-c5cccc6ccccc56)c5ccccc5c(-c5cccc6ccccc56)c4c2)cccc1P3(=O)c1ccccc1. The van der Waals surface area contributed by atoms with Crippen LogP contribution in [0.4, 0.5) is 0 Å². The van der Waals surface area contributed by atoms with Gasteiger partial charge in [-0.1, -0.05) is 177 Å². The van der Waals surface area contributed by atoms with Gasteiger partial charge in [-0.3, -0.25) is 4.57 Å². The summed E-state index contributed by atoms with van der Waals surface area (Å²) in [5.74, 6) is 0.960. The van der Waals surface area contributed by atoms with Crippen LogP contribution < -0.4 is 15.9 Å². The minimum atomic E-state index is -3.31. The van der Waals surface area contributed by atoms with Crippen molar-refractivity contribution in [1.82, 2.24) is 9.55 Å². The molecule has 278 valence electrons. The van der Waals surface area contributed by atoms with Gasteiger partial charge >= 0.3 is 0 Å². The summed E-state index contributed by atoms with van der Waals surface area (Å²) in [6.07, 6.45) is 0.737. The smallest absolute Gasteiger partial charge is 0.175 e. The van der Waals surface area contributed by atoms with Crippen molar-refractivity contribution in [3.8, 4) is 39.1 Å². The number of benzene rings is 10. The van der Waals surface area contributed by atoms with Gasteiger partial charge in [-0.15, -0.1) is 0 Å². The largest absolute Gasteiger partial charge is 0.308 e. The second-order valence-electron chi connectivity index (χ2n) is 15.6. The van der Waals surface area contributed by atoms with Crippen LogP contribution in [0, 0.1) is 0 Å². The number of hydrogen-bond acceptors (Lipinski definition) is 2. The summed E-state index contributed by atoms with van der Waals surface area (Å²) in [4.78, 5) is 5.17. The van der Waals surface area contributed by atoms with Gasteiger partial charge in [0.25, 0.3) is 0 Å². The molecule has 11 aromatic rings. The Balaban J connectivity index is 1.23. The monoisotopic (exact) mass is 772 g/mol. The molecule has 1 aliphatic heterocycles. The average Bonchev–Trinajstić information content (AvgIpc) is 3.69. The zero-order valence-corrected chi connectivity index (χ0v) is 33.3. The molecule has 0 saturated heterocycles. The molecular weight excluding hydrogens is 736 g/mol. The van der Waals surface area contributed by atoms with Crippen LogP contribution in [0.25, 0.3) is 93.2 Å². The topological polar surface area (TPSA) is 34.9 Å². The van der Waals surface area contributed by atoms with Crippen LogP contribution in [-0.2, 0) is 11.0 Å². The fraction of sp³-hybridized carbons (Fsp3) is 0.0364. The van der Waals surface area contributed by atoms with Crippen molar-refractivity contribution in [2.45, 2.75) is 13.3 Å². The highest BCUT2D eigenvalue weighted by Gasteiger charge is 2.40. The van der Waals surface area contributed by atoms with Gasteiger partial charge in [0.15, 0.2) is 7.14 Å². The molecule has 0 spiro atoms. The third-order valence-corrected chi connectivity index (χ3v) is 15.6. The highest BCUT2D eigenvalue weighted by Crippen LogP contribution is 2.52. The van der Waals surface area contributed by atoms with E-state index in [4.69, 9.17) is 4.98 Å². The molecule has 10 aromatic carbocycles. The molecule has 0 N–H and O–H groups in total. The van der Waals surface area contributed by atoms with Gasteiger partial charge in [-0.25, -0.2) is 4.98 Å². The fourth-order valence-electron chi connectivity index (χ4n) is 10.0. The number of hydrogen-bond donors (Lipinski definition) is 0. The highest BCUT2D eigenvalue weighted by atomic mass is 31.2. The van der Waals surface area contributed by atoms with E-state index in [2.05, 4.69) is 169 Å². The molecule has 0 aliphatic carbocycles. The third kappa shape index (κ3) is 4.83. The van der Waals surface area contributed by atoms with Gasteiger partial charge in [-0.2, -0.15) is 0 Å². The van der Waals surface area contributed by atoms with Gasteiger partial charge < -0.3 is 4.57 Å². The summed E-state index contributed by atoms with van der Waals surface area (Å²) in [7, 11) is -3.31. The van der Waals surface area contributed by atoms with Gasteiger partial charge in [-0.05, 0) is 95.2 Å². The molecule has 4 heteroatoms. The van der Waals surface area contributed by atoms with Gasteiger partial charge in [0.05, 0.1) is 16.7 Å². The van der Waals surface area contributed by atoms with E-state index in [1.165, 1.54) is 65.3 Å². The molecule has 0 bridgehead atoms. The number of fused-ring (bicyclic) bond motifs is 6. The first kappa shape index (κ1) is 34.0. The fourth-order valence-corrected chi connectivity index (χ4v) is 13.0. The van der Waals surface area contributed by atoms with Gasteiger partial charge in [0.2, 0.25) is 0 Å². The Bertz CT molecular complexity index is 3570. The van der Waals surface area contributed by atoms with Crippen molar-refractivity contribution in [2.75, 3.05) is 0 Å². The van der Waals surface area contributed by atoms with Crippen molar-refractivity contribution >= 4 is 77.2 Å². The molecule has 1 aromatic heterocycles. The van der Waals surface area contributed by atoms with Crippen molar-refractivity contribution in [3.05, 3.63) is 200 Å². The minimum Gasteiger partial charge on any atom is -0.308 e. The predicted octanol–water partition coefficient (Wildman–Crippen LogP) is 13.2. The quantitative estimate of drug-likeness (QED) is 0.129. The van der Waals surface area contributed by atoms with Crippen LogP contribution in [0.15, 0.2) is 194 Å². The van der Waals surface area contributed by atoms with Crippen molar-refractivity contribution in [3.63, 3.8) is 0 Å². The van der Waals surface area contributed by atoms with Crippen molar-refractivity contribution in [1.29, 1.82) is 0 Å². The Hall–Kier alpha value is -7.06. The highest BCUT2D eigenvalue weighted by molar-refractivity contribution is 7.86. The molecular formula is C55H37N2OP. The van der Waals surface area contributed by atoms with Gasteiger partial charge in [0, 0.05) is 27.9 Å². The van der Waals surface area contributed by atoms with E-state index in [0.29, 0.717) is 0 Å². The summed E-state index contributed by atoms with van der Waals surface area (Å²) >= 11 is 0. The predicted molar refractivity (Wildman–Crippen MR) is 250 cm³/mol. The number of nitrogens with zero attached hydrogens (tertiary/aromatic N) is 2. The second-order valence-corrected chi connectivity index (χ2v) is 18.3. The Morgan fingerprint density at radius 1 is 0.475 bits per heavy atom. The van der Waals surface area contributed by atoms with Crippen LogP contribution in [-0.4, -0.2) is 9.55 Å². The number of aryl methyl sites for hydroxylation is 1. The van der Waals surface area contributed by atoms with Crippen molar-refractivity contribution in [2.24, 2.45) is 0 Å². The van der Waals surface area contributed by atoms with Crippen LogP contribution in [0.1, 0.15) is 12.7 Å². The molecule has 1 unspecified atom stereocenters. The second kappa shape index (κ2) is 13.0. The first-order chi connectivity index (χ1) is 29.1. The summed E-state index contributed by atoms with van der Waals surface area (Å²) < 4.78 is 18.4. The molecule has 3 nitrogen and oxygen atoms in total. The average molecular weight is 773 g/mol. The van der Waals surface area contributed by atoms with Crippen LogP contribution in [0.5, 0.6) is 0 Å². The molecule has 59 heavy (non-hydrogen) atoms. The Morgan fingerprint density at radius 3 is 1.68 bits per heavy atom. The Kier molecular flexibility index (Phi) is 7.48. The zero-order valence-electron chi connectivity index (χ0n) is 32.4. The lowest BCUT2D eigenvalue weighted by Gasteiger charge is -2.31. The maximum Gasteiger partial charge on any atom is 0.175 e. The molecule has 0 saturated carbocycles. The molecule has 12 rings (SSSR count). The lowest BCUT2D eigenvalue weighted by atomic mass is 9.83. The standard InChI is InChI=1S/C55H37N2OP/c1-2-51-56-48-29-15-31-50-55(48)57(51)54-41(26-14-30-49(54)59(50,58)38-20-4-3-5-21-38)37-32-33-46-47(34-37)53(43-28-13-19-36-17-7-9-23-40(36)43)45-25-11-10-24-44(45)52(46)42-27-12-18-35-16-6-8-22-39(35)42/h3-34H,2H2,1H3. The molecule has 1 atom stereocenters. The van der Waals surface area contributed by atoms with Crippen LogP contribution >= 0.6 is 7.14 Å². The number of aromatic nitrogens is 2. The number of para-hydroxylation sites is 2. The molecule has 1 aliphatic rings. The van der Waals surface area contributed by atoms with E-state index in [1.54, 1.807) is 0 Å². The summed E-state index contributed by atoms with van der Waals surface area (Å²) in [6, 6.07) is 69.2. The van der Waals surface area contributed by atoms with Gasteiger partial charge in [0.1, 0.15) is 5.82 Å². The van der Waals surface area contributed by atoms with E-state index in [-0.39, 0.29) is 0 Å². The normalized spacial score (nSPS) is 14.7. The van der Waals surface area contributed by atoms with Crippen LogP contribution in [0.3, 0.4) is 0 Å². The lowest BCUT2D eigenvalue weighted by Crippen LogP contribution is -2.33. The molecule has 0 fully saturated rings. The maximum absolute atomic E-state index is 16.1. The van der Waals surface area contributed by atoms with E-state index in [0.717, 1.165) is 56.0 Å². The van der Waals surface area contributed by atoms with E-state index in [1.807, 2.05) is 36.4 Å². The first-order valence-corrected chi connectivity index (χ1v) is 22.1. The molecule has 2 heterocycles. The third-order valence-electron chi connectivity index (χ3n) is 12.5. The molecule has 0 amide bonds. The maximum atomic E-state index is 16.1. The summed E-state index contributed by atoms with van der Waals surface area (Å²) in [6.45, 7) is 2.16. The summed E-state index contributed by atoms with van der Waals surface area (Å²) in [5.41, 5.74) is 9.73. The Labute approximate surface area is 342 Å². The van der Waals surface area contributed by atoms with E-state index >= 15 is 4.57 Å². The summed E-state index contributed by atoms with van der Waals surface area (Å²) in [5, 5.41) is 12.2. The van der Waals surface area contributed by atoms with E-state index < -0.39 is 7.14 Å². The van der Waals surface area contributed by atoms with E-state index in [9.17, 15) is 0 Å². The van der Waals surface area contributed by atoms with Crippen LogP contribution in [0.2, 0.25) is 0 Å². The first-order valence-electron chi connectivity index (χ1n) is 20.4. The number of rotatable bonds is 5. The lowest BCUT2D eigenvalue weighted by molar-refractivity contribution is 0.592. The zero-order chi connectivity index (χ0) is 39.2. The molecule has 0 radical (unpaired) electrons. The van der Waals surface area contributed by atoms with Crippen molar-refractivity contribution < 1.29 is 4.57 Å².